The number of nitrogens with two attached hydrogens (primary N) is 1. The lowest BCUT2D eigenvalue weighted by Gasteiger charge is -2.27. The zero-order chi connectivity index (χ0) is 29.9. The number of nitrogens with one attached hydrogen (secondary N) is 1. The summed E-state index contributed by atoms with van der Waals surface area (Å²) in [5, 5.41) is 4.20. The van der Waals surface area contributed by atoms with Gasteiger partial charge in [-0.2, -0.15) is 11.8 Å². The van der Waals surface area contributed by atoms with E-state index in [9.17, 15) is 9.59 Å². The average Bonchev–Trinajstić information content (AvgIpc) is 2.98. The van der Waals surface area contributed by atoms with Gasteiger partial charge in [-0.1, -0.05) is 53.9 Å². The highest BCUT2D eigenvalue weighted by Gasteiger charge is 2.17. The number of para-hydroxylation sites is 2. The highest BCUT2D eigenvalue weighted by molar-refractivity contribution is 9.10. The van der Waals surface area contributed by atoms with Gasteiger partial charge in [0.2, 0.25) is 0 Å². The van der Waals surface area contributed by atoms with E-state index < -0.39 is 0 Å². The van der Waals surface area contributed by atoms with Gasteiger partial charge in [-0.25, -0.2) is 4.79 Å². The van der Waals surface area contributed by atoms with Crippen molar-refractivity contribution in [2.75, 3.05) is 48.9 Å². The number of piperidine rings is 1. The number of hydrogen-bond acceptors (Lipinski definition) is 8. The van der Waals surface area contributed by atoms with Crippen LogP contribution in [0.25, 0.3) is 0 Å². The first kappa shape index (κ1) is 32.5. The summed E-state index contributed by atoms with van der Waals surface area (Å²) in [5.41, 5.74) is 10.4. The molecule has 0 aliphatic carbocycles. The Balaban J connectivity index is 1.16. The highest BCUT2D eigenvalue weighted by Crippen LogP contribution is 2.34. The molecule has 0 saturated carbocycles. The van der Waals surface area contributed by atoms with E-state index in [1.807, 2.05) is 30.3 Å². The summed E-state index contributed by atoms with van der Waals surface area (Å²) >= 11 is 17.6. The molecule has 1 fully saturated rings. The molecule has 0 spiro atoms. The van der Waals surface area contributed by atoms with E-state index in [0.717, 1.165) is 36.4 Å². The summed E-state index contributed by atoms with van der Waals surface area (Å²) < 4.78 is 11.6. The van der Waals surface area contributed by atoms with Gasteiger partial charge >= 0.3 is 11.9 Å². The van der Waals surface area contributed by atoms with Crippen LogP contribution in [0.15, 0.2) is 59.1 Å². The molecule has 1 saturated heterocycles. The number of thioether (sulfide) groups is 1. The monoisotopic (exact) mass is 693 g/mol. The zero-order valence-electron chi connectivity index (χ0n) is 23.2. The number of halogens is 3. The summed E-state index contributed by atoms with van der Waals surface area (Å²) in [6.45, 7) is 3.32. The summed E-state index contributed by atoms with van der Waals surface area (Å²) in [4.78, 5) is 27.6. The van der Waals surface area contributed by atoms with Crippen LogP contribution in [0, 0.1) is 0 Å². The molecule has 0 bridgehead atoms. The molecule has 3 aromatic carbocycles. The molecule has 42 heavy (non-hydrogen) atoms. The molecule has 0 amide bonds. The number of benzene rings is 3. The van der Waals surface area contributed by atoms with Crippen molar-refractivity contribution in [3.63, 3.8) is 0 Å². The van der Waals surface area contributed by atoms with Gasteiger partial charge in [-0.3, -0.25) is 9.69 Å². The van der Waals surface area contributed by atoms with Gasteiger partial charge in [-0.15, -0.1) is 0 Å². The molecule has 0 radical (unpaired) electrons. The lowest BCUT2D eigenvalue weighted by Crippen LogP contribution is -2.29. The number of carbonyl (C=O) groups is 2. The first-order valence-corrected chi connectivity index (χ1v) is 16.5. The second-order valence-electron chi connectivity index (χ2n) is 9.89. The van der Waals surface area contributed by atoms with Gasteiger partial charge in [0.05, 0.1) is 33.4 Å². The zero-order valence-corrected chi connectivity index (χ0v) is 27.1. The Kier molecular flexibility index (Phi) is 12.7. The van der Waals surface area contributed by atoms with Crippen molar-refractivity contribution in [2.24, 2.45) is 0 Å². The molecular weight excluding hydrogens is 661 g/mol. The van der Waals surface area contributed by atoms with Crippen LogP contribution in [0.2, 0.25) is 10.0 Å². The van der Waals surface area contributed by atoms with E-state index in [1.165, 1.54) is 19.3 Å². The normalized spacial score (nSPS) is 13.5. The SMILES string of the molecule is Nc1c(Br)cc(C(=O)OCCSCCOC(=O)Cc2ccccc2Nc2c(Cl)cccc2Cl)cc1CN1CCCCC1. The van der Waals surface area contributed by atoms with Gasteiger partial charge < -0.3 is 20.5 Å². The molecular formula is C31H34BrCl2N3O4S. The summed E-state index contributed by atoms with van der Waals surface area (Å²) in [5.74, 6) is 0.459. The largest absolute Gasteiger partial charge is 0.465 e. The van der Waals surface area contributed by atoms with Gasteiger partial charge in [0, 0.05) is 28.2 Å². The number of hydrogen-bond donors (Lipinski definition) is 2. The number of nitrogen functional groups attached to an aromatic ring is 1. The van der Waals surface area contributed by atoms with Crippen LogP contribution < -0.4 is 11.1 Å². The minimum Gasteiger partial charge on any atom is -0.465 e. The molecule has 0 aromatic heterocycles. The van der Waals surface area contributed by atoms with Crippen LogP contribution in [0.1, 0.15) is 40.7 Å². The molecule has 3 N–H and O–H groups in total. The third kappa shape index (κ3) is 9.54. The highest BCUT2D eigenvalue weighted by atomic mass is 79.9. The van der Waals surface area contributed by atoms with Crippen LogP contribution in [0.3, 0.4) is 0 Å². The third-order valence-corrected chi connectivity index (χ3v) is 9.02. The van der Waals surface area contributed by atoms with E-state index in [1.54, 1.807) is 36.0 Å². The quantitative estimate of drug-likeness (QED) is 0.107. The molecule has 3 aromatic rings. The van der Waals surface area contributed by atoms with Crippen LogP contribution in [0.5, 0.6) is 0 Å². The molecule has 0 unspecified atom stereocenters. The lowest BCUT2D eigenvalue weighted by molar-refractivity contribution is -0.142. The number of likely N-dealkylation sites (tertiary alicyclic amines) is 1. The van der Waals surface area contributed by atoms with E-state index in [2.05, 4.69) is 26.1 Å². The first-order chi connectivity index (χ1) is 20.3. The molecule has 224 valence electrons. The summed E-state index contributed by atoms with van der Waals surface area (Å²) in [7, 11) is 0. The van der Waals surface area contributed by atoms with E-state index >= 15 is 0 Å². The Hall–Kier alpha value is -2.43. The van der Waals surface area contributed by atoms with E-state index in [-0.39, 0.29) is 31.6 Å². The van der Waals surface area contributed by atoms with Gasteiger partial charge in [0.25, 0.3) is 0 Å². The maximum Gasteiger partial charge on any atom is 0.338 e. The van der Waals surface area contributed by atoms with Crippen molar-refractivity contribution in [1.82, 2.24) is 4.90 Å². The lowest BCUT2D eigenvalue weighted by atomic mass is 10.1. The van der Waals surface area contributed by atoms with Crippen LogP contribution in [0.4, 0.5) is 17.1 Å². The summed E-state index contributed by atoms with van der Waals surface area (Å²) in [6.07, 6.45) is 3.73. The Morgan fingerprint density at radius 2 is 1.62 bits per heavy atom. The molecule has 1 aliphatic heterocycles. The summed E-state index contributed by atoms with van der Waals surface area (Å²) in [6, 6.07) is 16.2. The van der Waals surface area contributed by atoms with Crippen LogP contribution in [-0.2, 0) is 27.2 Å². The maximum atomic E-state index is 12.7. The Morgan fingerprint density at radius 1 is 0.929 bits per heavy atom. The molecule has 1 aliphatic rings. The topological polar surface area (TPSA) is 93.9 Å². The number of carbonyl (C=O) groups excluding carboxylic acids is 2. The molecule has 0 atom stereocenters. The van der Waals surface area contributed by atoms with Gasteiger partial charge in [0.15, 0.2) is 0 Å². The van der Waals surface area contributed by atoms with Crippen LogP contribution >= 0.6 is 50.9 Å². The Labute approximate surface area is 269 Å². The predicted molar refractivity (Wildman–Crippen MR) is 176 cm³/mol. The Bertz CT molecular complexity index is 1370. The standard InChI is InChI=1S/C31H34BrCl2N3O4S/c32-24-18-22(17-23(29(24)35)20-37-11-4-1-5-12-37)31(39)41-14-16-42-15-13-40-28(38)19-21-7-2-3-10-27(21)36-30-25(33)8-6-9-26(30)34/h2-3,6-10,17-18,36H,1,4-5,11-16,19-20,35H2. The van der Waals surface area contributed by atoms with E-state index in [4.69, 9.17) is 38.4 Å². The number of nitrogens with zero attached hydrogens (tertiary/aromatic N) is 1. The maximum absolute atomic E-state index is 12.7. The second-order valence-corrected chi connectivity index (χ2v) is 12.8. The Morgan fingerprint density at radius 3 is 2.36 bits per heavy atom. The minimum atomic E-state index is -0.382. The van der Waals surface area contributed by atoms with E-state index in [0.29, 0.717) is 43.0 Å². The fourth-order valence-electron chi connectivity index (χ4n) is 4.63. The number of anilines is 3. The van der Waals surface area contributed by atoms with Gasteiger partial charge in [0.1, 0.15) is 13.2 Å². The second kappa shape index (κ2) is 16.4. The van der Waals surface area contributed by atoms with Crippen molar-refractivity contribution in [3.8, 4) is 0 Å². The molecule has 1 heterocycles. The first-order valence-electron chi connectivity index (χ1n) is 13.8. The molecule has 4 rings (SSSR count). The predicted octanol–water partition coefficient (Wildman–Crippen LogP) is 7.74. The van der Waals surface area contributed by atoms with Crippen molar-refractivity contribution in [2.45, 2.75) is 32.2 Å². The van der Waals surface area contributed by atoms with Crippen molar-refractivity contribution in [1.29, 1.82) is 0 Å². The minimum absolute atomic E-state index is 0.102. The fraction of sp³-hybridized carbons (Fsp3) is 0.355. The van der Waals surface area contributed by atoms with Crippen molar-refractivity contribution in [3.05, 3.63) is 85.8 Å². The molecule has 7 nitrogen and oxygen atoms in total. The molecule has 11 heteroatoms. The number of ether oxygens (including phenoxy) is 2. The van der Waals surface area contributed by atoms with Gasteiger partial charge in [-0.05, 0) is 83.3 Å². The van der Waals surface area contributed by atoms with Crippen LogP contribution in [-0.4, -0.2) is 54.6 Å². The van der Waals surface area contributed by atoms with Crippen molar-refractivity contribution < 1.29 is 19.1 Å². The smallest absolute Gasteiger partial charge is 0.338 e. The third-order valence-electron chi connectivity index (χ3n) is 6.82. The van der Waals surface area contributed by atoms with Crippen molar-refractivity contribution >= 4 is 79.9 Å². The fourth-order valence-corrected chi connectivity index (χ4v) is 6.23. The number of esters is 2. The number of rotatable bonds is 13. The average molecular weight is 696 g/mol.